The molecule has 104 valence electrons. The Morgan fingerprint density at radius 3 is 2.06 bits per heavy atom. The van der Waals surface area contributed by atoms with Crippen molar-refractivity contribution in [2.45, 2.75) is 45.4 Å². The van der Waals surface area contributed by atoms with Gasteiger partial charge in [-0.3, -0.25) is 9.59 Å². The van der Waals surface area contributed by atoms with Crippen molar-refractivity contribution in [1.82, 2.24) is 10.6 Å². The van der Waals surface area contributed by atoms with E-state index in [0.717, 1.165) is 32.2 Å². The molecule has 0 aromatic rings. The van der Waals surface area contributed by atoms with Gasteiger partial charge < -0.3 is 15.4 Å². The van der Waals surface area contributed by atoms with Gasteiger partial charge in [0.15, 0.2) is 0 Å². The number of carbonyl (C=O) groups excluding carboxylic acids is 3. The van der Waals surface area contributed by atoms with E-state index in [2.05, 4.69) is 10.6 Å². The van der Waals surface area contributed by atoms with Gasteiger partial charge in [-0.2, -0.15) is 0 Å². The van der Waals surface area contributed by atoms with Gasteiger partial charge >= 0.3 is 0 Å². The van der Waals surface area contributed by atoms with E-state index in [4.69, 9.17) is 0 Å². The van der Waals surface area contributed by atoms with Gasteiger partial charge in [0.25, 0.3) is 5.91 Å². The fourth-order valence-corrected chi connectivity index (χ4v) is 1.48. The second-order valence-corrected chi connectivity index (χ2v) is 4.40. The number of hydrogen-bond acceptors (Lipinski definition) is 4. The number of nitrogens with one attached hydrogen (secondary N) is 2. The Morgan fingerprint density at radius 2 is 1.50 bits per heavy atom. The molecule has 0 atom stereocenters. The first-order chi connectivity index (χ1) is 8.57. The fourth-order valence-electron chi connectivity index (χ4n) is 1.48. The van der Waals surface area contributed by atoms with Crippen LogP contribution in [-0.2, 0) is 14.4 Å². The first-order valence-corrected chi connectivity index (χ1v) is 6.53. The van der Waals surface area contributed by atoms with Gasteiger partial charge in [0.2, 0.25) is 5.78 Å². The van der Waals surface area contributed by atoms with Crippen molar-refractivity contribution in [2.24, 2.45) is 0 Å². The highest BCUT2D eigenvalue weighted by Crippen LogP contribution is 1.98. The van der Waals surface area contributed by atoms with Crippen LogP contribution in [0.1, 0.15) is 45.4 Å². The summed E-state index contributed by atoms with van der Waals surface area (Å²) >= 11 is 0. The monoisotopic (exact) mass is 256 g/mol. The maximum absolute atomic E-state index is 11.3. The van der Waals surface area contributed by atoms with Gasteiger partial charge in [0.1, 0.15) is 5.78 Å². The fraction of sp³-hybridized carbons (Fsp3) is 0.769. The molecule has 5 nitrogen and oxygen atoms in total. The lowest BCUT2D eigenvalue weighted by Crippen LogP contribution is -2.31. The van der Waals surface area contributed by atoms with Crippen LogP contribution in [0.3, 0.4) is 0 Å². The molecule has 0 aliphatic carbocycles. The van der Waals surface area contributed by atoms with E-state index >= 15 is 0 Å². The lowest BCUT2D eigenvalue weighted by Gasteiger charge is -2.04. The van der Waals surface area contributed by atoms with Gasteiger partial charge in [0.05, 0.1) is 0 Å². The molecule has 18 heavy (non-hydrogen) atoms. The third-order valence-corrected chi connectivity index (χ3v) is 2.60. The highest BCUT2D eigenvalue weighted by atomic mass is 16.2. The Bertz CT molecular complexity index is 277. The smallest absolute Gasteiger partial charge is 0.287 e. The van der Waals surface area contributed by atoms with Crippen LogP contribution in [0.15, 0.2) is 0 Å². The Morgan fingerprint density at radius 1 is 0.889 bits per heavy atom. The van der Waals surface area contributed by atoms with Crippen LogP contribution in [0.25, 0.3) is 0 Å². The molecule has 0 unspecified atom stereocenters. The van der Waals surface area contributed by atoms with Crippen molar-refractivity contribution in [1.29, 1.82) is 0 Å². The molecule has 0 aliphatic heterocycles. The molecule has 2 N–H and O–H groups in total. The summed E-state index contributed by atoms with van der Waals surface area (Å²) in [5.41, 5.74) is 0. The SMILES string of the molecule is CNCCCCCCNC(=O)C(=O)CCC(C)=O. The van der Waals surface area contributed by atoms with Gasteiger partial charge in [-0.15, -0.1) is 0 Å². The standard InChI is InChI=1S/C13H24N2O3/c1-11(16)7-8-12(17)13(18)15-10-6-4-3-5-9-14-2/h14H,3-10H2,1-2H3,(H,15,18). The number of ketones is 2. The molecule has 1 amide bonds. The molecule has 0 saturated carbocycles. The van der Waals surface area contributed by atoms with Crippen LogP contribution in [0, 0.1) is 0 Å². The molecule has 0 radical (unpaired) electrons. The number of carbonyl (C=O) groups is 3. The zero-order valence-corrected chi connectivity index (χ0v) is 11.4. The van der Waals surface area contributed by atoms with Crippen molar-refractivity contribution in [3.8, 4) is 0 Å². The van der Waals surface area contributed by atoms with E-state index in [1.165, 1.54) is 6.92 Å². The highest BCUT2D eigenvalue weighted by molar-refractivity contribution is 6.36. The van der Waals surface area contributed by atoms with Crippen molar-refractivity contribution in [3.63, 3.8) is 0 Å². The molecule has 0 aliphatic rings. The normalized spacial score (nSPS) is 10.1. The predicted octanol–water partition coefficient (Wildman–Crippen LogP) is 0.821. The third-order valence-electron chi connectivity index (χ3n) is 2.60. The lowest BCUT2D eigenvalue weighted by molar-refractivity contribution is -0.138. The van der Waals surface area contributed by atoms with Crippen molar-refractivity contribution >= 4 is 17.5 Å². The van der Waals surface area contributed by atoms with Gasteiger partial charge in [-0.25, -0.2) is 0 Å². The van der Waals surface area contributed by atoms with E-state index in [-0.39, 0.29) is 18.6 Å². The molecule has 0 spiro atoms. The van der Waals surface area contributed by atoms with Gasteiger partial charge in [-0.1, -0.05) is 12.8 Å². The highest BCUT2D eigenvalue weighted by Gasteiger charge is 2.12. The number of Topliss-reactive ketones (excluding diaryl/α,β-unsaturated/α-hetero) is 2. The average Bonchev–Trinajstić information content (AvgIpc) is 2.34. The molecule has 5 heteroatoms. The molecular formula is C13H24N2O3. The maximum Gasteiger partial charge on any atom is 0.287 e. The minimum absolute atomic E-state index is 0.0172. The first-order valence-electron chi connectivity index (χ1n) is 6.53. The van der Waals surface area contributed by atoms with E-state index in [0.29, 0.717) is 6.54 Å². The average molecular weight is 256 g/mol. The van der Waals surface area contributed by atoms with Crippen LogP contribution in [-0.4, -0.2) is 37.6 Å². The molecule has 0 aromatic heterocycles. The molecule has 0 heterocycles. The summed E-state index contributed by atoms with van der Waals surface area (Å²) in [6, 6.07) is 0. The Labute approximate surface area is 109 Å². The third kappa shape index (κ3) is 9.96. The second-order valence-electron chi connectivity index (χ2n) is 4.40. The number of unbranched alkanes of at least 4 members (excludes halogenated alkanes) is 3. The summed E-state index contributed by atoms with van der Waals surface area (Å²) in [5, 5.41) is 5.65. The van der Waals surface area contributed by atoms with E-state index in [1.807, 2.05) is 7.05 Å². The predicted molar refractivity (Wildman–Crippen MR) is 70.3 cm³/mol. The van der Waals surface area contributed by atoms with Crippen LogP contribution < -0.4 is 10.6 Å². The van der Waals surface area contributed by atoms with E-state index in [9.17, 15) is 14.4 Å². The Balaban J connectivity index is 3.46. The summed E-state index contributed by atoms with van der Waals surface area (Å²) in [5.74, 6) is -1.13. The summed E-state index contributed by atoms with van der Waals surface area (Å²) in [6.07, 6.45) is 4.34. The van der Waals surface area contributed by atoms with Crippen molar-refractivity contribution in [3.05, 3.63) is 0 Å². The minimum Gasteiger partial charge on any atom is -0.350 e. The summed E-state index contributed by atoms with van der Waals surface area (Å²) in [7, 11) is 1.92. The number of amides is 1. The topological polar surface area (TPSA) is 75.3 Å². The van der Waals surface area contributed by atoms with Crippen molar-refractivity contribution < 1.29 is 14.4 Å². The molecular weight excluding hydrogens is 232 g/mol. The number of hydrogen-bond donors (Lipinski definition) is 2. The zero-order chi connectivity index (χ0) is 13.8. The van der Waals surface area contributed by atoms with Crippen LogP contribution in [0.4, 0.5) is 0 Å². The largest absolute Gasteiger partial charge is 0.350 e. The lowest BCUT2D eigenvalue weighted by atomic mass is 10.1. The number of rotatable bonds is 11. The summed E-state index contributed by atoms with van der Waals surface area (Å²) in [4.78, 5) is 33.3. The van der Waals surface area contributed by atoms with Gasteiger partial charge in [0, 0.05) is 19.4 Å². The molecule has 0 rings (SSSR count). The first kappa shape index (κ1) is 16.8. The Kier molecular flexibility index (Phi) is 10.2. The minimum atomic E-state index is -0.563. The summed E-state index contributed by atoms with van der Waals surface area (Å²) < 4.78 is 0. The summed E-state index contributed by atoms with van der Waals surface area (Å²) in [6.45, 7) is 2.95. The van der Waals surface area contributed by atoms with Crippen molar-refractivity contribution in [2.75, 3.05) is 20.1 Å². The molecule has 0 fully saturated rings. The second kappa shape index (κ2) is 10.9. The zero-order valence-electron chi connectivity index (χ0n) is 11.4. The Hall–Kier alpha value is -1.23. The van der Waals surface area contributed by atoms with E-state index < -0.39 is 11.7 Å². The maximum atomic E-state index is 11.3. The van der Waals surface area contributed by atoms with E-state index in [1.54, 1.807) is 0 Å². The van der Waals surface area contributed by atoms with Crippen LogP contribution >= 0.6 is 0 Å². The van der Waals surface area contributed by atoms with Gasteiger partial charge in [-0.05, 0) is 33.4 Å². The van der Waals surface area contributed by atoms with Crippen LogP contribution in [0.2, 0.25) is 0 Å². The molecule has 0 saturated heterocycles. The quantitative estimate of drug-likeness (QED) is 0.424. The van der Waals surface area contributed by atoms with Crippen LogP contribution in [0.5, 0.6) is 0 Å². The molecule has 0 bridgehead atoms. The molecule has 0 aromatic carbocycles.